The summed E-state index contributed by atoms with van der Waals surface area (Å²) in [6.07, 6.45) is 3.32. The summed E-state index contributed by atoms with van der Waals surface area (Å²) in [6, 6.07) is 9.56. The predicted molar refractivity (Wildman–Crippen MR) is 99.1 cm³/mol. The van der Waals surface area contributed by atoms with Gasteiger partial charge in [-0.15, -0.1) is 0 Å². The van der Waals surface area contributed by atoms with Gasteiger partial charge in [0.1, 0.15) is 0 Å². The van der Waals surface area contributed by atoms with Gasteiger partial charge in [-0.25, -0.2) is 0 Å². The first kappa shape index (κ1) is 17.4. The van der Waals surface area contributed by atoms with Crippen LogP contribution in [-0.4, -0.2) is 55.2 Å². The number of rotatable bonds is 6. The molecule has 1 aliphatic rings. The van der Waals surface area contributed by atoms with E-state index in [4.69, 9.17) is 4.74 Å². The maximum absolute atomic E-state index is 12.4. The predicted octanol–water partition coefficient (Wildman–Crippen LogP) is 2.39. The fourth-order valence-corrected chi connectivity index (χ4v) is 2.68. The first-order valence-corrected chi connectivity index (χ1v) is 8.58. The normalized spacial score (nSPS) is 14.9. The van der Waals surface area contributed by atoms with Gasteiger partial charge in [0.2, 0.25) is 0 Å². The van der Waals surface area contributed by atoms with Gasteiger partial charge in [-0.2, -0.15) is 0 Å². The number of ether oxygens (including phenoxy) is 1. The number of nitrogens with one attached hydrogen (secondary N) is 2. The maximum Gasteiger partial charge on any atom is 0.257 e. The van der Waals surface area contributed by atoms with E-state index in [1.807, 2.05) is 37.3 Å². The Morgan fingerprint density at radius 3 is 2.68 bits per heavy atom. The summed E-state index contributed by atoms with van der Waals surface area (Å²) in [5.74, 6) is -0.159. The van der Waals surface area contributed by atoms with Crippen LogP contribution in [0.3, 0.4) is 0 Å². The second-order valence-corrected chi connectivity index (χ2v) is 6.16. The van der Waals surface area contributed by atoms with E-state index >= 15 is 0 Å². The minimum absolute atomic E-state index is 0.159. The maximum atomic E-state index is 12.4. The molecule has 1 fully saturated rings. The highest BCUT2D eigenvalue weighted by atomic mass is 16.5. The first-order chi connectivity index (χ1) is 12.2. The molecule has 1 aromatic heterocycles. The van der Waals surface area contributed by atoms with Crippen LogP contribution in [0, 0.1) is 6.92 Å². The summed E-state index contributed by atoms with van der Waals surface area (Å²) in [4.78, 5) is 18.9. The topological polar surface area (TPSA) is 66.5 Å². The van der Waals surface area contributed by atoms with E-state index in [1.165, 1.54) is 0 Å². The summed E-state index contributed by atoms with van der Waals surface area (Å²) >= 11 is 0. The molecule has 0 spiro atoms. The zero-order chi connectivity index (χ0) is 17.5. The highest BCUT2D eigenvalue weighted by Gasteiger charge is 2.10. The Morgan fingerprint density at radius 2 is 1.92 bits per heavy atom. The van der Waals surface area contributed by atoms with Crippen molar-refractivity contribution < 1.29 is 9.53 Å². The Bertz CT molecular complexity index is 697. The van der Waals surface area contributed by atoms with E-state index in [2.05, 4.69) is 20.5 Å². The van der Waals surface area contributed by atoms with Gasteiger partial charge in [-0.3, -0.25) is 14.7 Å². The van der Waals surface area contributed by atoms with E-state index in [9.17, 15) is 4.79 Å². The number of hydrogen-bond donors (Lipinski definition) is 2. The van der Waals surface area contributed by atoms with Crippen LogP contribution >= 0.6 is 0 Å². The highest BCUT2D eigenvalue weighted by molar-refractivity contribution is 6.04. The van der Waals surface area contributed by atoms with Crippen LogP contribution < -0.4 is 10.6 Å². The summed E-state index contributed by atoms with van der Waals surface area (Å²) in [6.45, 7) is 7.32. The summed E-state index contributed by atoms with van der Waals surface area (Å²) in [7, 11) is 0. The molecular formula is C19H24N4O2. The van der Waals surface area contributed by atoms with Crippen molar-refractivity contribution in [3.63, 3.8) is 0 Å². The van der Waals surface area contributed by atoms with Crippen LogP contribution in [0.2, 0.25) is 0 Å². The molecule has 3 rings (SSSR count). The zero-order valence-electron chi connectivity index (χ0n) is 14.5. The van der Waals surface area contributed by atoms with Gasteiger partial charge in [0, 0.05) is 44.3 Å². The number of nitrogens with zero attached hydrogens (tertiary/aromatic N) is 2. The second-order valence-electron chi connectivity index (χ2n) is 6.16. The van der Waals surface area contributed by atoms with E-state index in [1.54, 1.807) is 12.4 Å². The first-order valence-electron chi connectivity index (χ1n) is 8.58. The molecule has 1 aliphatic heterocycles. The van der Waals surface area contributed by atoms with Crippen molar-refractivity contribution in [2.75, 3.05) is 50.0 Å². The monoisotopic (exact) mass is 340 g/mol. The van der Waals surface area contributed by atoms with Crippen molar-refractivity contribution in [1.82, 2.24) is 9.88 Å². The molecule has 0 bridgehead atoms. The van der Waals surface area contributed by atoms with Crippen molar-refractivity contribution in [1.29, 1.82) is 0 Å². The number of pyridine rings is 1. The second kappa shape index (κ2) is 8.60. The molecule has 25 heavy (non-hydrogen) atoms. The van der Waals surface area contributed by atoms with Crippen LogP contribution in [0.5, 0.6) is 0 Å². The van der Waals surface area contributed by atoms with Crippen molar-refractivity contribution in [2.45, 2.75) is 6.92 Å². The quantitative estimate of drug-likeness (QED) is 0.845. The fraction of sp³-hybridized carbons (Fsp3) is 0.368. The summed E-state index contributed by atoms with van der Waals surface area (Å²) in [5.41, 5.74) is 3.33. The molecule has 1 amide bonds. The van der Waals surface area contributed by atoms with Crippen LogP contribution in [0.15, 0.2) is 42.7 Å². The van der Waals surface area contributed by atoms with Crippen LogP contribution in [0.4, 0.5) is 11.4 Å². The van der Waals surface area contributed by atoms with Gasteiger partial charge in [0.05, 0.1) is 24.5 Å². The Balaban J connectivity index is 1.53. The van der Waals surface area contributed by atoms with Crippen LogP contribution in [-0.2, 0) is 4.74 Å². The lowest BCUT2D eigenvalue weighted by atomic mass is 10.2. The molecule has 1 saturated heterocycles. The van der Waals surface area contributed by atoms with Crippen molar-refractivity contribution >= 4 is 17.3 Å². The molecule has 132 valence electrons. The summed E-state index contributed by atoms with van der Waals surface area (Å²) < 4.78 is 5.35. The standard InChI is InChI=1S/C19H24N4O2/c1-15-2-4-17(5-3-15)22-19(24)16-12-18(14-20-13-16)21-6-7-23-8-10-25-11-9-23/h2-5,12-14,21H,6-11H2,1H3,(H,22,24). The lowest BCUT2D eigenvalue weighted by Crippen LogP contribution is -2.39. The number of aromatic nitrogens is 1. The number of morpholine rings is 1. The number of aryl methyl sites for hydroxylation is 1. The van der Waals surface area contributed by atoms with Crippen molar-refractivity contribution in [3.05, 3.63) is 53.9 Å². The third kappa shape index (κ3) is 5.27. The number of carbonyl (C=O) groups is 1. The molecule has 0 radical (unpaired) electrons. The number of amides is 1. The van der Waals surface area contributed by atoms with E-state index in [-0.39, 0.29) is 5.91 Å². The Kier molecular flexibility index (Phi) is 5.98. The molecule has 6 heteroatoms. The third-order valence-corrected chi connectivity index (χ3v) is 4.17. The Hall–Kier alpha value is -2.44. The molecule has 0 atom stereocenters. The lowest BCUT2D eigenvalue weighted by Gasteiger charge is -2.26. The average Bonchev–Trinajstić information content (AvgIpc) is 2.65. The Morgan fingerprint density at radius 1 is 1.16 bits per heavy atom. The van der Waals surface area contributed by atoms with Gasteiger partial charge in [0.25, 0.3) is 5.91 Å². The molecule has 0 aliphatic carbocycles. The zero-order valence-corrected chi connectivity index (χ0v) is 14.5. The van der Waals surface area contributed by atoms with E-state index < -0.39 is 0 Å². The molecule has 1 aromatic carbocycles. The van der Waals surface area contributed by atoms with Crippen molar-refractivity contribution in [2.24, 2.45) is 0 Å². The lowest BCUT2D eigenvalue weighted by molar-refractivity contribution is 0.0398. The van der Waals surface area contributed by atoms with Gasteiger partial charge < -0.3 is 15.4 Å². The van der Waals surface area contributed by atoms with Crippen molar-refractivity contribution in [3.8, 4) is 0 Å². The fourth-order valence-electron chi connectivity index (χ4n) is 2.68. The molecule has 2 N–H and O–H groups in total. The molecule has 2 heterocycles. The van der Waals surface area contributed by atoms with Gasteiger partial charge in [-0.05, 0) is 25.1 Å². The molecular weight excluding hydrogens is 316 g/mol. The number of carbonyl (C=O) groups excluding carboxylic acids is 1. The van der Waals surface area contributed by atoms with Crippen LogP contribution in [0.25, 0.3) is 0 Å². The van der Waals surface area contributed by atoms with Gasteiger partial charge in [0.15, 0.2) is 0 Å². The van der Waals surface area contributed by atoms with Crippen LogP contribution in [0.1, 0.15) is 15.9 Å². The smallest absolute Gasteiger partial charge is 0.257 e. The van der Waals surface area contributed by atoms with Gasteiger partial charge in [-0.1, -0.05) is 17.7 Å². The minimum Gasteiger partial charge on any atom is -0.382 e. The summed E-state index contributed by atoms with van der Waals surface area (Å²) in [5, 5.41) is 6.23. The largest absolute Gasteiger partial charge is 0.382 e. The minimum atomic E-state index is -0.159. The molecule has 0 unspecified atom stereocenters. The molecule has 0 saturated carbocycles. The average molecular weight is 340 g/mol. The molecule has 6 nitrogen and oxygen atoms in total. The molecule has 2 aromatic rings. The van der Waals surface area contributed by atoms with E-state index in [0.717, 1.165) is 56.3 Å². The highest BCUT2D eigenvalue weighted by Crippen LogP contribution is 2.13. The Labute approximate surface area is 148 Å². The number of anilines is 2. The number of hydrogen-bond acceptors (Lipinski definition) is 5. The number of benzene rings is 1. The SMILES string of the molecule is Cc1ccc(NC(=O)c2cncc(NCCN3CCOCC3)c2)cc1. The van der Waals surface area contributed by atoms with Gasteiger partial charge >= 0.3 is 0 Å². The third-order valence-electron chi connectivity index (χ3n) is 4.17. The van der Waals surface area contributed by atoms with E-state index in [0.29, 0.717) is 5.56 Å².